The minimum Gasteiger partial charge on any atom is -0.497 e. The number of amides is 1. The molecule has 2 aromatic rings. The first-order valence-corrected chi connectivity index (χ1v) is 12.0. The minimum atomic E-state index is -1.86. The lowest BCUT2D eigenvalue weighted by Crippen LogP contribution is -2.45. The molecule has 1 unspecified atom stereocenters. The van der Waals surface area contributed by atoms with Crippen LogP contribution in [0.15, 0.2) is 48.5 Å². The smallest absolute Gasteiger partial charge is 0.416 e. The third-order valence-corrected chi connectivity index (χ3v) is 4.85. The van der Waals surface area contributed by atoms with Crippen molar-refractivity contribution in [2.75, 3.05) is 19.1 Å². The van der Waals surface area contributed by atoms with Gasteiger partial charge in [-0.3, -0.25) is 4.90 Å². The Morgan fingerprint density at radius 3 is 2.35 bits per heavy atom. The van der Waals surface area contributed by atoms with Crippen molar-refractivity contribution in [1.82, 2.24) is 0 Å². The molecule has 140 valence electrons. The standard InChI is InChI=1S/C20H27NO4Si/c1-15(25-26(4,5)6)21(20(22)24-3)19-13-8-7-12-18(19)16-10-9-11-17(14-16)23-2/h7-15H,1-6H3. The van der Waals surface area contributed by atoms with E-state index in [0.717, 1.165) is 22.6 Å². The third-order valence-electron chi connectivity index (χ3n) is 3.80. The maximum Gasteiger partial charge on any atom is 0.416 e. The number of nitrogens with zero attached hydrogens (tertiary/aromatic N) is 1. The molecule has 2 aromatic carbocycles. The number of hydrogen-bond acceptors (Lipinski definition) is 4. The lowest BCUT2D eigenvalue weighted by Gasteiger charge is -2.33. The highest BCUT2D eigenvalue weighted by atomic mass is 28.4. The number of para-hydroxylation sites is 1. The molecule has 0 heterocycles. The van der Waals surface area contributed by atoms with Gasteiger partial charge in [0.15, 0.2) is 8.32 Å². The predicted octanol–water partition coefficient (Wildman–Crippen LogP) is 5.13. The van der Waals surface area contributed by atoms with Crippen LogP contribution in [0, 0.1) is 0 Å². The van der Waals surface area contributed by atoms with Gasteiger partial charge in [0.2, 0.25) is 0 Å². The van der Waals surface area contributed by atoms with Crippen LogP contribution in [-0.2, 0) is 9.16 Å². The van der Waals surface area contributed by atoms with Gasteiger partial charge in [-0.15, -0.1) is 0 Å². The Balaban J connectivity index is 2.53. The highest BCUT2D eigenvalue weighted by Gasteiger charge is 2.29. The lowest BCUT2D eigenvalue weighted by molar-refractivity contribution is 0.151. The van der Waals surface area contributed by atoms with E-state index in [1.54, 1.807) is 12.0 Å². The van der Waals surface area contributed by atoms with E-state index >= 15 is 0 Å². The van der Waals surface area contributed by atoms with Crippen molar-refractivity contribution >= 4 is 20.1 Å². The Labute approximate surface area is 156 Å². The Morgan fingerprint density at radius 1 is 1.04 bits per heavy atom. The number of carbonyl (C=O) groups is 1. The molecule has 6 heteroatoms. The molecule has 0 aliphatic carbocycles. The van der Waals surface area contributed by atoms with Crippen molar-refractivity contribution in [2.24, 2.45) is 0 Å². The van der Waals surface area contributed by atoms with Crippen LogP contribution in [0.4, 0.5) is 10.5 Å². The van der Waals surface area contributed by atoms with Crippen molar-refractivity contribution < 1.29 is 18.7 Å². The van der Waals surface area contributed by atoms with Gasteiger partial charge in [-0.05, 0) is 50.3 Å². The first kappa shape index (κ1) is 20.0. The average molecular weight is 374 g/mol. The van der Waals surface area contributed by atoms with Crippen LogP contribution in [0.3, 0.4) is 0 Å². The van der Waals surface area contributed by atoms with Crippen LogP contribution in [0.1, 0.15) is 6.92 Å². The fourth-order valence-corrected chi connectivity index (χ4v) is 3.95. The van der Waals surface area contributed by atoms with Crippen LogP contribution in [-0.4, -0.2) is 34.9 Å². The van der Waals surface area contributed by atoms with Gasteiger partial charge in [0.25, 0.3) is 0 Å². The average Bonchev–Trinajstić information content (AvgIpc) is 2.60. The van der Waals surface area contributed by atoms with E-state index in [1.165, 1.54) is 7.11 Å². The molecule has 2 rings (SSSR count). The van der Waals surface area contributed by atoms with Gasteiger partial charge in [-0.1, -0.05) is 30.3 Å². The van der Waals surface area contributed by atoms with Crippen molar-refractivity contribution in [3.63, 3.8) is 0 Å². The molecule has 0 bridgehead atoms. The molecule has 5 nitrogen and oxygen atoms in total. The van der Waals surface area contributed by atoms with E-state index in [4.69, 9.17) is 13.9 Å². The number of benzene rings is 2. The first-order chi connectivity index (χ1) is 12.3. The minimum absolute atomic E-state index is 0.444. The van der Waals surface area contributed by atoms with Gasteiger partial charge in [0.05, 0.1) is 19.9 Å². The van der Waals surface area contributed by atoms with E-state index in [2.05, 4.69) is 19.6 Å². The quantitative estimate of drug-likeness (QED) is 0.520. The molecule has 0 aromatic heterocycles. The molecular weight excluding hydrogens is 346 g/mol. The van der Waals surface area contributed by atoms with Gasteiger partial charge in [0.1, 0.15) is 12.0 Å². The summed E-state index contributed by atoms with van der Waals surface area (Å²) in [4.78, 5) is 14.1. The van der Waals surface area contributed by atoms with E-state index in [-0.39, 0.29) is 0 Å². The zero-order valence-corrected chi connectivity index (χ0v) is 17.3. The highest BCUT2D eigenvalue weighted by molar-refractivity contribution is 6.69. The van der Waals surface area contributed by atoms with E-state index < -0.39 is 20.6 Å². The molecule has 0 radical (unpaired) electrons. The molecule has 1 amide bonds. The van der Waals surface area contributed by atoms with Crippen LogP contribution in [0.2, 0.25) is 19.6 Å². The van der Waals surface area contributed by atoms with Gasteiger partial charge >= 0.3 is 6.09 Å². The third kappa shape index (κ3) is 4.86. The molecule has 0 aliphatic rings. The highest BCUT2D eigenvalue weighted by Crippen LogP contribution is 2.34. The molecular formula is C20H27NO4Si. The summed E-state index contributed by atoms with van der Waals surface area (Å²) in [6.45, 7) is 8.14. The predicted molar refractivity (Wildman–Crippen MR) is 107 cm³/mol. The van der Waals surface area contributed by atoms with E-state index in [0.29, 0.717) is 0 Å². The summed E-state index contributed by atoms with van der Waals surface area (Å²) < 4.78 is 16.5. The van der Waals surface area contributed by atoms with Crippen LogP contribution >= 0.6 is 0 Å². The van der Waals surface area contributed by atoms with Gasteiger partial charge in [0, 0.05) is 5.56 Å². The Hall–Kier alpha value is -2.31. The van der Waals surface area contributed by atoms with Crippen LogP contribution < -0.4 is 9.64 Å². The monoisotopic (exact) mass is 373 g/mol. The summed E-state index contributed by atoms with van der Waals surface area (Å²) in [5, 5.41) is 0. The van der Waals surface area contributed by atoms with Crippen molar-refractivity contribution in [3.8, 4) is 16.9 Å². The summed E-state index contributed by atoms with van der Waals surface area (Å²) in [6.07, 6.45) is -0.896. The molecule has 0 aliphatic heterocycles. The van der Waals surface area contributed by atoms with Crippen molar-refractivity contribution in [1.29, 1.82) is 0 Å². The number of methoxy groups -OCH3 is 2. The molecule has 0 saturated heterocycles. The number of hydrogen-bond donors (Lipinski definition) is 0. The zero-order chi connectivity index (χ0) is 19.3. The van der Waals surface area contributed by atoms with Gasteiger partial charge < -0.3 is 13.9 Å². The van der Waals surface area contributed by atoms with Gasteiger partial charge in [-0.2, -0.15) is 0 Å². The second kappa shape index (κ2) is 8.38. The lowest BCUT2D eigenvalue weighted by atomic mass is 10.0. The molecule has 1 atom stereocenters. The normalized spacial score (nSPS) is 12.4. The number of rotatable bonds is 6. The van der Waals surface area contributed by atoms with Gasteiger partial charge in [-0.25, -0.2) is 4.79 Å². The fourth-order valence-electron chi connectivity index (χ4n) is 2.82. The Morgan fingerprint density at radius 2 is 1.73 bits per heavy atom. The molecule has 26 heavy (non-hydrogen) atoms. The summed E-state index contributed by atoms with van der Waals surface area (Å²) in [5.41, 5.74) is 2.59. The van der Waals surface area contributed by atoms with Crippen LogP contribution in [0.5, 0.6) is 5.75 Å². The summed E-state index contributed by atoms with van der Waals surface area (Å²) >= 11 is 0. The topological polar surface area (TPSA) is 48.0 Å². The number of ether oxygens (including phenoxy) is 2. The molecule has 0 fully saturated rings. The summed E-state index contributed by atoms with van der Waals surface area (Å²) in [5.74, 6) is 0.758. The first-order valence-electron chi connectivity index (χ1n) is 8.55. The van der Waals surface area contributed by atoms with Crippen LogP contribution in [0.25, 0.3) is 11.1 Å². The van der Waals surface area contributed by atoms with Crippen molar-refractivity contribution in [3.05, 3.63) is 48.5 Å². The molecule has 0 spiro atoms. The largest absolute Gasteiger partial charge is 0.497 e. The maximum atomic E-state index is 12.6. The summed E-state index contributed by atoms with van der Waals surface area (Å²) in [7, 11) is 1.16. The molecule has 0 N–H and O–H groups in total. The number of anilines is 1. The van der Waals surface area contributed by atoms with E-state index in [9.17, 15) is 4.79 Å². The summed E-state index contributed by atoms with van der Waals surface area (Å²) in [6, 6.07) is 15.5. The second-order valence-corrected chi connectivity index (χ2v) is 11.4. The Kier molecular flexibility index (Phi) is 6.45. The molecule has 0 saturated carbocycles. The Bertz CT molecular complexity index is 757. The second-order valence-electron chi connectivity index (χ2n) is 6.92. The zero-order valence-electron chi connectivity index (χ0n) is 16.3. The van der Waals surface area contributed by atoms with Crippen molar-refractivity contribution in [2.45, 2.75) is 32.8 Å². The van der Waals surface area contributed by atoms with E-state index in [1.807, 2.05) is 55.5 Å². The fraction of sp³-hybridized carbons (Fsp3) is 0.350. The SMILES string of the molecule is COC(=O)N(c1ccccc1-c1cccc(OC)c1)C(C)O[Si](C)(C)C. The number of carbonyl (C=O) groups excluding carboxylic acids is 1. The maximum absolute atomic E-state index is 12.6.